The number of nitrogens with zero attached hydrogens (tertiary/aromatic N) is 2. The molecule has 0 saturated heterocycles. The van der Waals surface area contributed by atoms with Gasteiger partial charge in [0, 0.05) is 35.9 Å². The minimum absolute atomic E-state index is 0.0896. The molecule has 0 aliphatic carbocycles. The number of carbonyl (C=O) groups is 1. The lowest BCUT2D eigenvalue weighted by Gasteiger charge is -2.22. The molecule has 0 N–H and O–H groups in total. The van der Waals surface area contributed by atoms with Gasteiger partial charge in [0.2, 0.25) is 10.0 Å². The van der Waals surface area contributed by atoms with E-state index >= 15 is 0 Å². The van der Waals surface area contributed by atoms with Crippen molar-refractivity contribution in [2.45, 2.75) is 24.9 Å². The van der Waals surface area contributed by atoms with Crippen LogP contribution in [0.25, 0.3) is 0 Å². The molecule has 0 unspecified atom stereocenters. The number of aromatic nitrogens is 1. The zero-order valence-corrected chi connectivity index (χ0v) is 16.3. The second-order valence-corrected chi connectivity index (χ2v) is 9.01. The van der Waals surface area contributed by atoms with Gasteiger partial charge in [-0.05, 0) is 42.6 Å². The number of sulfonamides is 1. The SMILES string of the molecule is CC(=O)c1ccc(S(=O)(=O)N(Cc2cccs2)Cc2cccn2C)cc1. The van der Waals surface area contributed by atoms with Crippen molar-refractivity contribution in [1.29, 1.82) is 0 Å². The van der Waals surface area contributed by atoms with Gasteiger partial charge in [-0.25, -0.2) is 8.42 Å². The molecule has 0 bridgehead atoms. The Morgan fingerprint density at radius 2 is 1.81 bits per heavy atom. The maximum absolute atomic E-state index is 13.2. The summed E-state index contributed by atoms with van der Waals surface area (Å²) >= 11 is 1.53. The van der Waals surface area contributed by atoms with Gasteiger partial charge in [0.25, 0.3) is 0 Å². The molecule has 0 fully saturated rings. The molecule has 0 radical (unpaired) electrons. The number of Topliss-reactive ketones (excluding diaryl/α,β-unsaturated/α-hetero) is 1. The van der Waals surface area contributed by atoms with Gasteiger partial charge in [-0.15, -0.1) is 11.3 Å². The highest BCUT2D eigenvalue weighted by molar-refractivity contribution is 7.89. The zero-order chi connectivity index (χ0) is 18.7. The van der Waals surface area contributed by atoms with E-state index < -0.39 is 10.0 Å². The molecule has 0 spiro atoms. The molecule has 0 aliphatic rings. The second kappa shape index (κ2) is 7.57. The van der Waals surface area contributed by atoms with Crippen molar-refractivity contribution < 1.29 is 13.2 Å². The van der Waals surface area contributed by atoms with E-state index in [-0.39, 0.29) is 17.2 Å². The molecule has 3 aromatic rings. The second-order valence-electron chi connectivity index (χ2n) is 6.04. The number of ketones is 1. The highest BCUT2D eigenvalue weighted by Crippen LogP contribution is 2.23. The van der Waals surface area contributed by atoms with Crippen LogP contribution in [0.15, 0.2) is 65.0 Å². The Morgan fingerprint density at radius 1 is 1.08 bits per heavy atom. The molecule has 3 rings (SSSR count). The fourth-order valence-electron chi connectivity index (χ4n) is 2.65. The van der Waals surface area contributed by atoms with Gasteiger partial charge in [-0.3, -0.25) is 4.79 Å². The van der Waals surface area contributed by atoms with Gasteiger partial charge < -0.3 is 4.57 Å². The molecule has 0 saturated carbocycles. The van der Waals surface area contributed by atoms with Gasteiger partial charge in [0.05, 0.1) is 11.4 Å². The standard InChI is InChI=1S/C19H20N2O3S2/c1-15(22)16-7-9-19(10-8-16)26(23,24)21(14-18-6-4-12-25-18)13-17-5-3-11-20(17)2/h3-12H,13-14H2,1-2H3. The van der Waals surface area contributed by atoms with Crippen LogP contribution in [0.4, 0.5) is 0 Å². The van der Waals surface area contributed by atoms with Crippen molar-refractivity contribution in [3.63, 3.8) is 0 Å². The van der Waals surface area contributed by atoms with E-state index in [0.29, 0.717) is 12.1 Å². The van der Waals surface area contributed by atoms with Crippen molar-refractivity contribution in [3.8, 4) is 0 Å². The van der Waals surface area contributed by atoms with Crippen LogP contribution in [0.3, 0.4) is 0 Å². The number of thiophene rings is 1. The first-order valence-electron chi connectivity index (χ1n) is 8.11. The van der Waals surface area contributed by atoms with Crippen molar-refractivity contribution in [3.05, 3.63) is 76.2 Å². The highest BCUT2D eigenvalue weighted by Gasteiger charge is 2.26. The van der Waals surface area contributed by atoms with Crippen LogP contribution < -0.4 is 0 Å². The third kappa shape index (κ3) is 3.95. The van der Waals surface area contributed by atoms with Crippen molar-refractivity contribution >= 4 is 27.1 Å². The summed E-state index contributed by atoms with van der Waals surface area (Å²) in [6.45, 7) is 2.04. The largest absolute Gasteiger partial charge is 0.353 e. The Kier molecular flexibility index (Phi) is 5.41. The van der Waals surface area contributed by atoms with Gasteiger partial charge in [0.1, 0.15) is 0 Å². The van der Waals surface area contributed by atoms with Crippen LogP contribution in [0.5, 0.6) is 0 Å². The van der Waals surface area contributed by atoms with Crippen LogP contribution >= 0.6 is 11.3 Å². The van der Waals surface area contributed by atoms with Crippen molar-refractivity contribution in [2.24, 2.45) is 7.05 Å². The lowest BCUT2D eigenvalue weighted by Crippen LogP contribution is -2.30. The minimum Gasteiger partial charge on any atom is -0.353 e. The summed E-state index contributed by atoms with van der Waals surface area (Å²) in [6.07, 6.45) is 1.90. The van der Waals surface area contributed by atoms with Crippen LogP contribution in [-0.2, 0) is 30.2 Å². The summed E-state index contributed by atoms with van der Waals surface area (Å²) in [5.41, 5.74) is 1.40. The Bertz CT molecular complexity index is 988. The van der Waals surface area contributed by atoms with E-state index in [0.717, 1.165) is 10.6 Å². The maximum Gasteiger partial charge on any atom is 0.243 e. The van der Waals surface area contributed by atoms with Gasteiger partial charge >= 0.3 is 0 Å². The average Bonchev–Trinajstić information content (AvgIpc) is 3.26. The van der Waals surface area contributed by atoms with Crippen molar-refractivity contribution in [2.75, 3.05) is 0 Å². The van der Waals surface area contributed by atoms with E-state index in [1.54, 1.807) is 12.1 Å². The molecule has 7 heteroatoms. The Balaban J connectivity index is 1.95. The predicted octanol–water partition coefficient (Wildman–Crippen LogP) is 3.68. The molecule has 2 aromatic heterocycles. The molecule has 1 aromatic carbocycles. The molecule has 2 heterocycles. The molecule has 0 aliphatic heterocycles. The van der Waals surface area contributed by atoms with Gasteiger partial charge in [-0.2, -0.15) is 4.31 Å². The van der Waals surface area contributed by atoms with E-state index in [1.165, 1.54) is 34.7 Å². The lowest BCUT2D eigenvalue weighted by atomic mass is 10.2. The number of benzene rings is 1. The van der Waals surface area contributed by atoms with Crippen LogP contribution in [0, 0.1) is 0 Å². The summed E-state index contributed by atoms with van der Waals surface area (Å²) in [5, 5.41) is 1.93. The quantitative estimate of drug-likeness (QED) is 0.580. The Hall–Kier alpha value is -2.22. The first kappa shape index (κ1) is 18.6. The van der Waals surface area contributed by atoms with Crippen molar-refractivity contribution in [1.82, 2.24) is 8.87 Å². The number of carbonyl (C=O) groups excluding carboxylic acids is 1. The average molecular weight is 389 g/mol. The molecule has 26 heavy (non-hydrogen) atoms. The molecular formula is C19H20N2O3S2. The van der Waals surface area contributed by atoms with Crippen LogP contribution in [0.1, 0.15) is 27.9 Å². The fraction of sp³-hybridized carbons (Fsp3) is 0.211. The number of hydrogen-bond donors (Lipinski definition) is 0. The monoisotopic (exact) mass is 388 g/mol. The summed E-state index contributed by atoms with van der Waals surface area (Å²) in [5.74, 6) is -0.0896. The number of aryl methyl sites for hydroxylation is 1. The third-order valence-electron chi connectivity index (χ3n) is 4.20. The minimum atomic E-state index is -3.70. The summed E-state index contributed by atoms with van der Waals surface area (Å²) in [4.78, 5) is 12.6. The van der Waals surface area contributed by atoms with Gasteiger partial charge in [0.15, 0.2) is 5.78 Å². The fourth-order valence-corrected chi connectivity index (χ4v) is 4.84. The molecule has 5 nitrogen and oxygen atoms in total. The van der Waals surface area contributed by atoms with E-state index in [4.69, 9.17) is 0 Å². The summed E-state index contributed by atoms with van der Waals surface area (Å²) in [6, 6.07) is 13.8. The first-order valence-corrected chi connectivity index (χ1v) is 10.4. The Labute approximate surface area is 157 Å². The van der Waals surface area contributed by atoms with Gasteiger partial charge in [-0.1, -0.05) is 18.2 Å². The molecule has 0 atom stereocenters. The first-order chi connectivity index (χ1) is 12.4. The zero-order valence-electron chi connectivity index (χ0n) is 14.6. The topological polar surface area (TPSA) is 59.4 Å². The smallest absolute Gasteiger partial charge is 0.243 e. The van der Waals surface area contributed by atoms with Crippen LogP contribution in [0.2, 0.25) is 0 Å². The van der Waals surface area contributed by atoms with Crippen LogP contribution in [-0.4, -0.2) is 23.1 Å². The summed E-state index contributed by atoms with van der Waals surface area (Å²) < 4.78 is 29.8. The van der Waals surface area contributed by atoms with E-state index in [1.807, 2.05) is 47.5 Å². The van der Waals surface area contributed by atoms with E-state index in [2.05, 4.69) is 0 Å². The molecular weight excluding hydrogens is 368 g/mol. The third-order valence-corrected chi connectivity index (χ3v) is 6.87. The number of rotatable bonds is 7. The maximum atomic E-state index is 13.2. The Morgan fingerprint density at radius 3 is 2.35 bits per heavy atom. The number of hydrogen-bond acceptors (Lipinski definition) is 4. The predicted molar refractivity (Wildman–Crippen MR) is 103 cm³/mol. The highest BCUT2D eigenvalue weighted by atomic mass is 32.2. The van der Waals surface area contributed by atoms with E-state index in [9.17, 15) is 13.2 Å². The molecule has 0 amide bonds. The molecule has 136 valence electrons. The summed E-state index contributed by atoms with van der Waals surface area (Å²) in [7, 11) is -1.80. The normalized spacial score (nSPS) is 11.8. The lowest BCUT2D eigenvalue weighted by molar-refractivity contribution is 0.101.